The molecule has 4 rings (SSSR count). The molecule has 0 aliphatic carbocycles. The summed E-state index contributed by atoms with van der Waals surface area (Å²) in [6.45, 7) is 1.11. The van der Waals surface area contributed by atoms with Gasteiger partial charge in [0.05, 0.1) is 30.2 Å². The van der Waals surface area contributed by atoms with Crippen molar-refractivity contribution in [1.82, 2.24) is 25.3 Å². The van der Waals surface area contributed by atoms with Crippen molar-refractivity contribution < 1.29 is 4.79 Å². The maximum absolute atomic E-state index is 12.6. The molecule has 0 aliphatic rings. The SMILES string of the molecule is O=C(NCc1cnn(Cc2ccccc2)c1)c1cn[nH]c1-c1ccccc1. The number of rotatable bonds is 6. The maximum Gasteiger partial charge on any atom is 0.255 e. The van der Waals surface area contributed by atoms with Gasteiger partial charge in [0.2, 0.25) is 0 Å². The van der Waals surface area contributed by atoms with Crippen molar-refractivity contribution in [2.75, 3.05) is 0 Å². The lowest BCUT2D eigenvalue weighted by Gasteiger charge is -2.05. The molecule has 6 heteroatoms. The highest BCUT2D eigenvalue weighted by atomic mass is 16.1. The molecule has 134 valence electrons. The van der Waals surface area contributed by atoms with Crippen LogP contribution in [0.15, 0.2) is 79.3 Å². The fraction of sp³-hybridized carbons (Fsp3) is 0.0952. The minimum atomic E-state index is -0.168. The normalized spacial score (nSPS) is 10.7. The maximum atomic E-state index is 12.6. The molecule has 0 bridgehead atoms. The smallest absolute Gasteiger partial charge is 0.255 e. The standard InChI is InChI=1S/C21H19N5O/c27-21(19-13-23-25-20(19)18-9-5-2-6-10-18)22-11-17-12-24-26(15-17)14-16-7-3-1-4-8-16/h1-10,12-13,15H,11,14H2,(H,22,27)(H,23,25). The largest absolute Gasteiger partial charge is 0.348 e. The number of aromatic amines is 1. The van der Waals surface area contributed by atoms with Crippen LogP contribution in [0.2, 0.25) is 0 Å². The highest BCUT2D eigenvalue weighted by molar-refractivity contribution is 5.99. The molecule has 2 aromatic carbocycles. The number of amides is 1. The molecule has 2 N–H and O–H groups in total. The fourth-order valence-corrected chi connectivity index (χ4v) is 2.92. The van der Waals surface area contributed by atoms with Gasteiger partial charge in [-0.05, 0) is 5.56 Å². The Labute approximate surface area is 156 Å². The Morgan fingerprint density at radius 1 is 0.963 bits per heavy atom. The highest BCUT2D eigenvalue weighted by Gasteiger charge is 2.15. The van der Waals surface area contributed by atoms with Crippen molar-refractivity contribution in [3.63, 3.8) is 0 Å². The van der Waals surface area contributed by atoms with Crippen LogP contribution in [0, 0.1) is 0 Å². The first-order chi connectivity index (χ1) is 13.3. The minimum absolute atomic E-state index is 0.168. The summed E-state index contributed by atoms with van der Waals surface area (Å²) in [7, 11) is 0. The van der Waals surface area contributed by atoms with E-state index in [-0.39, 0.29) is 5.91 Å². The predicted molar refractivity (Wildman–Crippen MR) is 103 cm³/mol. The summed E-state index contributed by atoms with van der Waals surface area (Å²) in [6, 6.07) is 19.8. The average Bonchev–Trinajstić information content (AvgIpc) is 3.37. The van der Waals surface area contributed by atoms with Gasteiger partial charge in [0.1, 0.15) is 0 Å². The van der Waals surface area contributed by atoms with Crippen LogP contribution >= 0.6 is 0 Å². The van der Waals surface area contributed by atoms with Crippen molar-refractivity contribution in [3.05, 3.63) is 95.9 Å². The Hall–Kier alpha value is -3.67. The second kappa shape index (κ2) is 7.70. The van der Waals surface area contributed by atoms with Gasteiger partial charge in [-0.1, -0.05) is 60.7 Å². The molecule has 0 aliphatic heterocycles. The van der Waals surface area contributed by atoms with E-state index in [4.69, 9.17) is 0 Å². The molecule has 4 aromatic rings. The monoisotopic (exact) mass is 357 g/mol. The van der Waals surface area contributed by atoms with Crippen molar-refractivity contribution in [2.45, 2.75) is 13.1 Å². The lowest BCUT2D eigenvalue weighted by Crippen LogP contribution is -2.22. The lowest BCUT2D eigenvalue weighted by atomic mass is 10.1. The zero-order valence-electron chi connectivity index (χ0n) is 14.7. The van der Waals surface area contributed by atoms with E-state index in [1.54, 1.807) is 12.4 Å². The minimum Gasteiger partial charge on any atom is -0.348 e. The summed E-state index contributed by atoms with van der Waals surface area (Å²) in [4.78, 5) is 12.6. The van der Waals surface area contributed by atoms with E-state index in [1.165, 1.54) is 5.56 Å². The fourth-order valence-electron chi connectivity index (χ4n) is 2.92. The van der Waals surface area contributed by atoms with E-state index in [1.807, 2.05) is 59.4 Å². The molecule has 0 unspecified atom stereocenters. The molecule has 0 spiro atoms. The topological polar surface area (TPSA) is 75.6 Å². The molecule has 0 atom stereocenters. The van der Waals surface area contributed by atoms with E-state index in [0.717, 1.165) is 11.1 Å². The zero-order valence-corrected chi connectivity index (χ0v) is 14.7. The molecule has 6 nitrogen and oxygen atoms in total. The molecule has 2 aromatic heterocycles. The average molecular weight is 357 g/mol. The summed E-state index contributed by atoms with van der Waals surface area (Å²) in [5.74, 6) is -0.168. The molecule has 0 saturated heterocycles. The number of hydrogen-bond acceptors (Lipinski definition) is 3. The summed E-state index contributed by atoms with van der Waals surface area (Å²) < 4.78 is 1.87. The molecule has 1 amide bonds. The number of nitrogens with one attached hydrogen (secondary N) is 2. The molecular weight excluding hydrogens is 338 g/mol. The number of nitrogens with zero attached hydrogens (tertiary/aromatic N) is 3. The first kappa shape index (κ1) is 16.8. The van der Waals surface area contributed by atoms with Crippen LogP contribution in [0.4, 0.5) is 0 Å². The molecule has 27 heavy (non-hydrogen) atoms. The Kier molecular flexibility index (Phi) is 4.78. The van der Waals surface area contributed by atoms with E-state index in [0.29, 0.717) is 24.3 Å². The first-order valence-electron chi connectivity index (χ1n) is 8.72. The van der Waals surface area contributed by atoms with Crippen LogP contribution in [-0.4, -0.2) is 25.9 Å². The van der Waals surface area contributed by atoms with Crippen LogP contribution in [-0.2, 0) is 13.1 Å². The quantitative estimate of drug-likeness (QED) is 0.556. The Balaban J connectivity index is 1.40. The number of carbonyl (C=O) groups is 1. The van der Waals surface area contributed by atoms with Crippen LogP contribution in [0.1, 0.15) is 21.5 Å². The van der Waals surface area contributed by atoms with Crippen molar-refractivity contribution in [3.8, 4) is 11.3 Å². The van der Waals surface area contributed by atoms with Gasteiger partial charge in [-0.25, -0.2) is 0 Å². The first-order valence-corrected chi connectivity index (χ1v) is 8.72. The summed E-state index contributed by atoms with van der Waals surface area (Å²) in [5, 5.41) is 14.2. The van der Waals surface area contributed by atoms with Gasteiger partial charge in [-0.3, -0.25) is 14.6 Å². The summed E-state index contributed by atoms with van der Waals surface area (Å²) in [6.07, 6.45) is 5.27. The molecule has 2 heterocycles. The third-order valence-electron chi connectivity index (χ3n) is 4.27. The predicted octanol–water partition coefficient (Wildman–Crippen LogP) is 3.25. The number of hydrogen-bond donors (Lipinski definition) is 2. The third-order valence-corrected chi connectivity index (χ3v) is 4.27. The number of H-pyrrole nitrogens is 1. The van der Waals surface area contributed by atoms with Gasteiger partial charge >= 0.3 is 0 Å². The Bertz CT molecular complexity index is 1020. The summed E-state index contributed by atoms with van der Waals surface area (Å²) in [5.41, 5.74) is 4.30. The van der Waals surface area contributed by atoms with E-state index < -0.39 is 0 Å². The van der Waals surface area contributed by atoms with Crippen LogP contribution in [0.3, 0.4) is 0 Å². The third kappa shape index (κ3) is 3.95. The zero-order chi connectivity index (χ0) is 18.5. The Morgan fingerprint density at radius 3 is 2.48 bits per heavy atom. The van der Waals surface area contributed by atoms with Gasteiger partial charge in [0.25, 0.3) is 5.91 Å². The van der Waals surface area contributed by atoms with Gasteiger partial charge in [-0.2, -0.15) is 10.2 Å². The van der Waals surface area contributed by atoms with Gasteiger partial charge in [0.15, 0.2) is 0 Å². The van der Waals surface area contributed by atoms with Crippen molar-refractivity contribution in [1.29, 1.82) is 0 Å². The molecule has 0 saturated carbocycles. The number of aromatic nitrogens is 4. The highest BCUT2D eigenvalue weighted by Crippen LogP contribution is 2.20. The van der Waals surface area contributed by atoms with E-state index >= 15 is 0 Å². The number of carbonyl (C=O) groups excluding carboxylic acids is 1. The summed E-state index contributed by atoms with van der Waals surface area (Å²) >= 11 is 0. The molecule has 0 fully saturated rings. The van der Waals surface area contributed by atoms with Crippen LogP contribution in [0.25, 0.3) is 11.3 Å². The number of benzene rings is 2. The van der Waals surface area contributed by atoms with Gasteiger partial charge in [-0.15, -0.1) is 0 Å². The second-order valence-electron chi connectivity index (χ2n) is 6.24. The Morgan fingerprint density at radius 2 is 1.70 bits per heavy atom. The van der Waals surface area contributed by atoms with Crippen molar-refractivity contribution >= 4 is 5.91 Å². The molecular formula is C21H19N5O. The van der Waals surface area contributed by atoms with Crippen LogP contribution in [0.5, 0.6) is 0 Å². The van der Waals surface area contributed by atoms with E-state index in [9.17, 15) is 4.79 Å². The second-order valence-corrected chi connectivity index (χ2v) is 6.24. The van der Waals surface area contributed by atoms with Crippen molar-refractivity contribution in [2.24, 2.45) is 0 Å². The molecule has 0 radical (unpaired) electrons. The van der Waals surface area contributed by atoms with Gasteiger partial charge < -0.3 is 5.32 Å². The van der Waals surface area contributed by atoms with Crippen LogP contribution < -0.4 is 5.32 Å². The van der Waals surface area contributed by atoms with E-state index in [2.05, 4.69) is 32.7 Å². The van der Waals surface area contributed by atoms with Gasteiger partial charge in [0, 0.05) is 23.9 Å². The lowest BCUT2D eigenvalue weighted by molar-refractivity contribution is 0.0951.